The molecule has 4 rings (SSSR count). The zero-order valence-corrected chi connectivity index (χ0v) is 15.7. The highest BCUT2D eigenvalue weighted by Crippen LogP contribution is 2.38. The van der Waals surface area contributed by atoms with Crippen molar-refractivity contribution in [3.8, 4) is 11.1 Å². The van der Waals surface area contributed by atoms with Crippen LogP contribution in [0.25, 0.3) is 32.8 Å². The van der Waals surface area contributed by atoms with Gasteiger partial charge in [0.2, 0.25) is 0 Å². The fourth-order valence-corrected chi connectivity index (χ4v) is 3.45. The van der Waals surface area contributed by atoms with Gasteiger partial charge in [-0.2, -0.15) is 0 Å². The number of anilines is 2. The minimum Gasteiger partial charge on any atom is -0.399 e. The van der Waals surface area contributed by atoms with Gasteiger partial charge in [-0.3, -0.25) is 4.98 Å². The molecule has 0 atom stereocenters. The molecule has 0 unspecified atom stereocenters. The Morgan fingerprint density at radius 1 is 0.920 bits per heavy atom. The van der Waals surface area contributed by atoms with Crippen molar-refractivity contribution in [2.45, 2.75) is 13.3 Å². The molecular weight excluding hydrogens is 374 g/mol. The standard InChI is InChI=1S/C21H19N3.BrH/c1-2-15-16(13-6-4-3-5-7-13)11-19(23)18-12-24-20-9-8-14(22)10-17(20)21(15)18;/h3-12H,2,22-23H2,1H3;1H. The summed E-state index contributed by atoms with van der Waals surface area (Å²) in [4.78, 5) is 4.55. The summed E-state index contributed by atoms with van der Waals surface area (Å²) in [7, 11) is 0. The van der Waals surface area contributed by atoms with E-state index >= 15 is 0 Å². The predicted octanol–water partition coefficient (Wildman–Crippen LogP) is 5.36. The van der Waals surface area contributed by atoms with Crippen LogP contribution in [0.3, 0.4) is 0 Å². The Balaban J connectivity index is 0.00000182. The minimum absolute atomic E-state index is 0. The van der Waals surface area contributed by atoms with E-state index in [1.807, 2.05) is 30.5 Å². The Kier molecular flexibility index (Phi) is 4.64. The largest absolute Gasteiger partial charge is 0.399 e. The number of fused-ring (bicyclic) bond motifs is 3. The molecule has 4 heteroatoms. The summed E-state index contributed by atoms with van der Waals surface area (Å²) in [5.74, 6) is 0. The van der Waals surface area contributed by atoms with Gasteiger partial charge >= 0.3 is 0 Å². The smallest absolute Gasteiger partial charge is 0.0710 e. The first-order valence-electron chi connectivity index (χ1n) is 8.13. The molecule has 0 fully saturated rings. The molecule has 0 radical (unpaired) electrons. The summed E-state index contributed by atoms with van der Waals surface area (Å²) in [6.45, 7) is 2.18. The average Bonchev–Trinajstić information content (AvgIpc) is 2.62. The number of benzene rings is 3. The van der Waals surface area contributed by atoms with Gasteiger partial charge in [0.25, 0.3) is 0 Å². The number of nitrogens with zero attached hydrogens (tertiary/aromatic N) is 1. The lowest BCUT2D eigenvalue weighted by molar-refractivity contribution is 1.16. The number of halogens is 1. The molecule has 1 aromatic heterocycles. The van der Waals surface area contributed by atoms with Crippen LogP contribution in [-0.2, 0) is 6.42 Å². The molecule has 0 amide bonds. The lowest BCUT2D eigenvalue weighted by Gasteiger charge is -2.16. The topological polar surface area (TPSA) is 64.9 Å². The van der Waals surface area contributed by atoms with Gasteiger partial charge in [0.1, 0.15) is 0 Å². The summed E-state index contributed by atoms with van der Waals surface area (Å²) in [5, 5.41) is 3.21. The molecule has 0 aliphatic carbocycles. The monoisotopic (exact) mass is 393 g/mol. The van der Waals surface area contributed by atoms with Crippen molar-refractivity contribution in [1.82, 2.24) is 4.98 Å². The van der Waals surface area contributed by atoms with Crippen LogP contribution < -0.4 is 11.5 Å². The molecule has 4 N–H and O–H groups in total. The van der Waals surface area contributed by atoms with Crippen LogP contribution >= 0.6 is 17.0 Å². The lowest BCUT2D eigenvalue weighted by atomic mass is 9.90. The molecule has 3 aromatic carbocycles. The summed E-state index contributed by atoms with van der Waals surface area (Å²) >= 11 is 0. The highest BCUT2D eigenvalue weighted by molar-refractivity contribution is 8.93. The van der Waals surface area contributed by atoms with Crippen LogP contribution in [-0.4, -0.2) is 4.98 Å². The maximum Gasteiger partial charge on any atom is 0.0710 e. The van der Waals surface area contributed by atoms with Gasteiger partial charge in [-0.1, -0.05) is 37.3 Å². The van der Waals surface area contributed by atoms with E-state index in [0.717, 1.165) is 39.5 Å². The molecule has 1 heterocycles. The van der Waals surface area contributed by atoms with Gasteiger partial charge in [-0.25, -0.2) is 0 Å². The number of nitrogens with two attached hydrogens (primary N) is 2. The van der Waals surface area contributed by atoms with Gasteiger partial charge in [0.05, 0.1) is 5.52 Å². The Labute approximate surface area is 157 Å². The molecule has 4 aromatic rings. The number of aromatic nitrogens is 1. The normalized spacial score (nSPS) is 10.8. The molecule has 0 bridgehead atoms. The Hall–Kier alpha value is -2.59. The highest BCUT2D eigenvalue weighted by Gasteiger charge is 2.14. The molecule has 0 saturated heterocycles. The molecule has 3 nitrogen and oxygen atoms in total. The van der Waals surface area contributed by atoms with Gasteiger partial charge in [0.15, 0.2) is 0 Å². The fraction of sp³-hybridized carbons (Fsp3) is 0.0952. The molecular formula is C21H20BrN3. The third-order valence-corrected chi connectivity index (χ3v) is 4.57. The maximum absolute atomic E-state index is 6.38. The van der Waals surface area contributed by atoms with E-state index in [2.05, 4.69) is 42.2 Å². The second kappa shape index (κ2) is 6.73. The summed E-state index contributed by atoms with van der Waals surface area (Å²) in [6, 6.07) is 18.3. The molecule has 0 spiro atoms. The predicted molar refractivity (Wildman–Crippen MR) is 113 cm³/mol. The van der Waals surface area contributed by atoms with Gasteiger partial charge in [-0.05, 0) is 52.8 Å². The summed E-state index contributed by atoms with van der Waals surface area (Å²) in [6.07, 6.45) is 2.78. The van der Waals surface area contributed by atoms with E-state index in [-0.39, 0.29) is 17.0 Å². The van der Waals surface area contributed by atoms with Crippen molar-refractivity contribution in [3.63, 3.8) is 0 Å². The third-order valence-electron chi connectivity index (χ3n) is 4.57. The van der Waals surface area contributed by atoms with E-state index in [9.17, 15) is 0 Å². The van der Waals surface area contributed by atoms with Gasteiger partial charge in [-0.15, -0.1) is 17.0 Å². The van der Waals surface area contributed by atoms with Crippen LogP contribution in [0.2, 0.25) is 0 Å². The molecule has 0 aliphatic heterocycles. The summed E-state index contributed by atoms with van der Waals surface area (Å²) < 4.78 is 0. The Morgan fingerprint density at radius 3 is 2.40 bits per heavy atom. The Morgan fingerprint density at radius 2 is 1.68 bits per heavy atom. The quantitative estimate of drug-likeness (QED) is 0.355. The van der Waals surface area contributed by atoms with E-state index in [0.29, 0.717) is 0 Å². The van der Waals surface area contributed by atoms with Crippen LogP contribution in [0.4, 0.5) is 11.4 Å². The van der Waals surface area contributed by atoms with Crippen LogP contribution in [0.15, 0.2) is 60.8 Å². The fourth-order valence-electron chi connectivity index (χ4n) is 3.45. The first-order chi connectivity index (χ1) is 11.7. The van der Waals surface area contributed by atoms with Crippen LogP contribution in [0, 0.1) is 0 Å². The average molecular weight is 394 g/mol. The van der Waals surface area contributed by atoms with E-state index in [4.69, 9.17) is 11.5 Å². The van der Waals surface area contributed by atoms with Gasteiger partial charge in [0, 0.05) is 28.3 Å². The van der Waals surface area contributed by atoms with Crippen molar-refractivity contribution in [1.29, 1.82) is 0 Å². The first kappa shape index (κ1) is 17.2. The first-order valence-corrected chi connectivity index (χ1v) is 8.13. The van der Waals surface area contributed by atoms with Gasteiger partial charge < -0.3 is 11.5 Å². The van der Waals surface area contributed by atoms with Crippen molar-refractivity contribution in [2.75, 3.05) is 11.5 Å². The summed E-state index contributed by atoms with van der Waals surface area (Å²) in [5.41, 5.74) is 18.5. The number of nitrogen functional groups attached to an aromatic ring is 2. The third kappa shape index (κ3) is 2.83. The SMILES string of the molecule is Br.CCc1c(-c2ccccc2)cc(N)c2cnc3ccc(N)cc3c12. The number of aryl methyl sites for hydroxylation is 1. The van der Waals surface area contributed by atoms with Crippen molar-refractivity contribution >= 4 is 50.0 Å². The zero-order chi connectivity index (χ0) is 16.7. The van der Waals surface area contributed by atoms with Crippen molar-refractivity contribution in [3.05, 3.63) is 66.4 Å². The van der Waals surface area contributed by atoms with E-state index in [1.165, 1.54) is 16.7 Å². The van der Waals surface area contributed by atoms with E-state index < -0.39 is 0 Å². The Bertz CT molecular complexity index is 1060. The number of rotatable bonds is 2. The second-order valence-corrected chi connectivity index (χ2v) is 6.03. The molecule has 0 saturated carbocycles. The van der Waals surface area contributed by atoms with Crippen LogP contribution in [0.1, 0.15) is 12.5 Å². The zero-order valence-electron chi connectivity index (χ0n) is 14.0. The number of hydrogen-bond donors (Lipinski definition) is 2. The molecule has 0 aliphatic rings. The lowest BCUT2D eigenvalue weighted by Crippen LogP contribution is -1.98. The maximum atomic E-state index is 6.38. The van der Waals surface area contributed by atoms with Crippen molar-refractivity contribution in [2.24, 2.45) is 0 Å². The molecule has 25 heavy (non-hydrogen) atoms. The van der Waals surface area contributed by atoms with E-state index in [1.54, 1.807) is 0 Å². The number of hydrogen-bond acceptors (Lipinski definition) is 3. The van der Waals surface area contributed by atoms with Crippen LogP contribution in [0.5, 0.6) is 0 Å². The number of pyridine rings is 1. The highest BCUT2D eigenvalue weighted by atomic mass is 79.9. The minimum atomic E-state index is 0. The second-order valence-electron chi connectivity index (χ2n) is 6.03. The molecule has 126 valence electrons. The van der Waals surface area contributed by atoms with Crippen molar-refractivity contribution < 1.29 is 0 Å².